The van der Waals surface area contributed by atoms with Gasteiger partial charge in [-0.15, -0.1) is 0 Å². The second kappa shape index (κ2) is 11.3. The van der Waals surface area contributed by atoms with Gasteiger partial charge in [0.2, 0.25) is 11.0 Å². The highest BCUT2D eigenvalue weighted by molar-refractivity contribution is 8.14. The number of carbonyl (C=O) groups is 3. The van der Waals surface area contributed by atoms with Gasteiger partial charge in [-0.05, 0) is 26.0 Å². The molecule has 6 nitrogen and oxygen atoms in total. The Labute approximate surface area is 175 Å². The number of rotatable bonds is 9. The molecule has 0 heterocycles. The molecule has 2 rings (SSSR count). The van der Waals surface area contributed by atoms with Crippen LogP contribution in [0.1, 0.15) is 30.6 Å². The van der Waals surface area contributed by atoms with Crippen molar-refractivity contribution in [1.82, 2.24) is 5.01 Å². The minimum Gasteiger partial charge on any atom is -0.464 e. The van der Waals surface area contributed by atoms with Gasteiger partial charge in [0.05, 0.1) is 12.3 Å². The van der Waals surface area contributed by atoms with E-state index in [2.05, 4.69) is 0 Å². The number of anilines is 1. The molecule has 1 amide bonds. The van der Waals surface area contributed by atoms with Crippen LogP contribution in [0.2, 0.25) is 0 Å². The van der Waals surface area contributed by atoms with Crippen molar-refractivity contribution in [3.8, 4) is 0 Å². The predicted molar refractivity (Wildman–Crippen MR) is 116 cm³/mol. The van der Waals surface area contributed by atoms with Crippen LogP contribution in [-0.4, -0.2) is 47.4 Å². The Hall–Kier alpha value is -2.80. The third-order valence-electron chi connectivity index (χ3n) is 4.26. The molecular weight excluding hydrogens is 388 g/mol. The molecule has 0 fully saturated rings. The summed E-state index contributed by atoms with van der Waals surface area (Å²) < 4.78 is 5.10. The highest BCUT2D eigenvalue weighted by Gasteiger charge is 2.30. The third kappa shape index (κ3) is 6.35. The Morgan fingerprint density at radius 3 is 2.17 bits per heavy atom. The summed E-state index contributed by atoms with van der Waals surface area (Å²) in [5, 5.41) is 2.95. The number of benzene rings is 2. The Bertz CT molecular complexity index is 814. The van der Waals surface area contributed by atoms with Gasteiger partial charge in [0, 0.05) is 24.8 Å². The van der Waals surface area contributed by atoms with Crippen LogP contribution in [0.5, 0.6) is 0 Å². The molecule has 0 aliphatic rings. The normalized spacial score (nSPS) is 11.4. The maximum absolute atomic E-state index is 13.0. The monoisotopic (exact) mass is 414 g/mol. The molecule has 29 heavy (non-hydrogen) atoms. The average Bonchev–Trinajstić information content (AvgIpc) is 2.75. The molecule has 0 saturated heterocycles. The second-order valence-electron chi connectivity index (χ2n) is 6.28. The Balaban J connectivity index is 2.07. The molecule has 0 aliphatic carbocycles. The van der Waals surface area contributed by atoms with E-state index >= 15 is 0 Å². The topological polar surface area (TPSA) is 66.9 Å². The molecule has 0 N–H and O–H groups in total. The van der Waals surface area contributed by atoms with Crippen LogP contribution in [0.15, 0.2) is 60.7 Å². The Morgan fingerprint density at radius 2 is 1.59 bits per heavy atom. The van der Waals surface area contributed by atoms with E-state index in [1.54, 1.807) is 50.2 Å². The molecule has 2 aromatic rings. The van der Waals surface area contributed by atoms with Gasteiger partial charge in [0.1, 0.15) is 6.04 Å². The van der Waals surface area contributed by atoms with Crippen molar-refractivity contribution in [2.75, 3.05) is 24.4 Å². The van der Waals surface area contributed by atoms with Crippen LogP contribution in [0.4, 0.5) is 5.69 Å². The molecule has 1 unspecified atom stereocenters. The molecule has 0 radical (unpaired) electrons. The quantitative estimate of drug-likeness (QED) is 0.460. The number of thioether (sulfide) groups is 1. The van der Waals surface area contributed by atoms with E-state index in [4.69, 9.17) is 4.74 Å². The summed E-state index contributed by atoms with van der Waals surface area (Å²) in [6.07, 6.45) is 0.115. The van der Waals surface area contributed by atoms with Crippen LogP contribution in [0.3, 0.4) is 0 Å². The summed E-state index contributed by atoms with van der Waals surface area (Å²) in [7, 11) is 1.73. The van der Waals surface area contributed by atoms with Crippen LogP contribution < -0.4 is 5.01 Å². The lowest BCUT2D eigenvalue weighted by Crippen LogP contribution is -2.53. The lowest BCUT2D eigenvalue weighted by Gasteiger charge is -2.36. The van der Waals surface area contributed by atoms with Gasteiger partial charge in [0.15, 0.2) is 0 Å². The number of nitrogens with zero attached hydrogens (tertiary/aromatic N) is 2. The molecule has 0 spiro atoms. The standard InChI is InChI=1S/C22H26N2O4S/c1-4-28-21(26)17(2)24(23(3)19-13-9-6-10-14-19)20(25)15-16-29-22(27)18-11-7-5-8-12-18/h5-14,17H,4,15-16H2,1-3H3. The van der Waals surface area contributed by atoms with Crippen molar-refractivity contribution in [3.63, 3.8) is 0 Å². The van der Waals surface area contributed by atoms with Gasteiger partial charge in [-0.3, -0.25) is 14.6 Å². The zero-order chi connectivity index (χ0) is 21.2. The Kier molecular flexibility index (Phi) is 8.73. The lowest BCUT2D eigenvalue weighted by molar-refractivity contribution is -0.154. The second-order valence-corrected chi connectivity index (χ2v) is 7.35. The summed E-state index contributed by atoms with van der Waals surface area (Å²) >= 11 is 1.09. The van der Waals surface area contributed by atoms with Crippen LogP contribution >= 0.6 is 11.8 Å². The molecule has 154 valence electrons. The zero-order valence-electron chi connectivity index (χ0n) is 16.9. The highest BCUT2D eigenvalue weighted by Crippen LogP contribution is 2.19. The van der Waals surface area contributed by atoms with Crippen molar-refractivity contribution in [1.29, 1.82) is 0 Å². The van der Waals surface area contributed by atoms with Crippen molar-refractivity contribution in [2.45, 2.75) is 26.3 Å². The van der Waals surface area contributed by atoms with Gasteiger partial charge in [-0.25, -0.2) is 9.80 Å². The molecular formula is C22H26N2O4S. The van der Waals surface area contributed by atoms with Crippen molar-refractivity contribution >= 4 is 34.4 Å². The summed E-state index contributed by atoms with van der Waals surface area (Å²) in [4.78, 5) is 37.5. The predicted octanol–water partition coefficient (Wildman–Crippen LogP) is 3.78. The largest absolute Gasteiger partial charge is 0.464 e. The van der Waals surface area contributed by atoms with Crippen LogP contribution in [0, 0.1) is 0 Å². The van der Waals surface area contributed by atoms with E-state index in [9.17, 15) is 14.4 Å². The minimum atomic E-state index is -0.789. The number of amides is 1. The summed E-state index contributed by atoms with van der Waals surface area (Å²) in [5.41, 5.74) is 1.37. The smallest absolute Gasteiger partial charge is 0.330 e. The number of carbonyl (C=O) groups excluding carboxylic acids is 3. The molecule has 1 atom stereocenters. The van der Waals surface area contributed by atoms with E-state index in [0.29, 0.717) is 11.3 Å². The number of hydrazine groups is 1. The Morgan fingerprint density at radius 1 is 1.00 bits per heavy atom. The molecule has 0 aliphatic heterocycles. The van der Waals surface area contributed by atoms with Gasteiger partial charge < -0.3 is 4.74 Å². The summed E-state index contributed by atoms with van der Waals surface area (Å²) in [6, 6.07) is 17.5. The van der Waals surface area contributed by atoms with E-state index in [0.717, 1.165) is 17.4 Å². The fourth-order valence-electron chi connectivity index (χ4n) is 2.78. The number of hydrogen-bond donors (Lipinski definition) is 0. The molecule has 7 heteroatoms. The minimum absolute atomic E-state index is 0.0835. The van der Waals surface area contributed by atoms with E-state index in [1.165, 1.54) is 5.01 Å². The van der Waals surface area contributed by atoms with Crippen molar-refractivity contribution in [2.24, 2.45) is 0 Å². The molecule has 0 saturated carbocycles. The molecule has 0 aromatic heterocycles. The SMILES string of the molecule is CCOC(=O)C(C)N(C(=O)CCSC(=O)c1ccccc1)N(C)c1ccccc1. The number of para-hydroxylation sites is 1. The van der Waals surface area contributed by atoms with Crippen molar-refractivity contribution in [3.05, 3.63) is 66.2 Å². The maximum atomic E-state index is 13.0. The van der Waals surface area contributed by atoms with Gasteiger partial charge >= 0.3 is 5.97 Å². The van der Waals surface area contributed by atoms with Gasteiger partial charge in [-0.1, -0.05) is 60.3 Å². The molecule has 0 bridgehead atoms. The van der Waals surface area contributed by atoms with Gasteiger partial charge in [-0.2, -0.15) is 0 Å². The number of esters is 1. The third-order valence-corrected chi connectivity index (χ3v) is 5.17. The zero-order valence-corrected chi connectivity index (χ0v) is 17.7. The number of ether oxygens (including phenoxy) is 1. The fraction of sp³-hybridized carbons (Fsp3) is 0.318. The first-order valence-corrected chi connectivity index (χ1v) is 10.4. The van der Waals surface area contributed by atoms with E-state index in [-0.39, 0.29) is 24.1 Å². The maximum Gasteiger partial charge on any atom is 0.330 e. The fourth-order valence-corrected chi connectivity index (χ4v) is 3.54. The summed E-state index contributed by atoms with van der Waals surface area (Å²) in [5.74, 6) is -0.414. The first kappa shape index (κ1) is 22.5. The van der Waals surface area contributed by atoms with Gasteiger partial charge in [0.25, 0.3) is 0 Å². The molecule has 2 aromatic carbocycles. The number of hydrogen-bond acceptors (Lipinski definition) is 6. The van der Waals surface area contributed by atoms with E-state index in [1.807, 2.05) is 36.4 Å². The summed E-state index contributed by atoms with van der Waals surface area (Å²) in [6.45, 7) is 3.60. The van der Waals surface area contributed by atoms with Crippen LogP contribution in [0.25, 0.3) is 0 Å². The highest BCUT2D eigenvalue weighted by atomic mass is 32.2. The first-order valence-electron chi connectivity index (χ1n) is 9.45. The first-order chi connectivity index (χ1) is 14.0. The average molecular weight is 415 g/mol. The lowest BCUT2D eigenvalue weighted by atomic mass is 10.2. The van der Waals surface area contributed by atoms with Crippen LogP contribution in [-0.2, 0) is 14.3 Å². The van der Waals surface area contributed by atoms with E-state index < -0.39 is 12.0 Å². The van der Waals surface area contributed by atoms with Crippen molar-refractivity contribution < 1.29 is 19.1 Å².